The lowest BCUT2D eigenvalue weighted by Gasteiger charge is -2.01. The predicted molar refractivity (Wildman–Crippen MR) is 41.0 cm³/mol. The minimum Gasteiger partial charge on any atom is -0.383 e. The Morgan fingerprint density at radius 1 is 1.67 bits per heavy atom. The molecule has 1 aromatic heterocycles. The number of aromatic nitrogens is 3. The largest absolute Gasteiger partial charge is 0.383 e. The van der Waals surface area contributed by atoms with Crippen LogP contribution >= 0.6 is 0 Å². The van der Waals surface area contributed by atoms with Gasteiger partial charge in [0.15, 0.2) is 0 Å². The van der Waals surface area contributed by atoms with Gasteiger partial charge in [-0.25, -0.2) is 0 Å². The van der Waals surface area contributed by atoms with Crippen LogP contribution in [0.15, 0.2) is 15.9 Å². The van der Waals surface area contributed by atoms with E-state index in [-0.39, 0.29) is 0 Å². The lowest BCUT2D eigenvalue weighted by atomic mass is 10.7. The van der Waals surface area contributed by atoms with E-state index in [0.29, 0.717) is 13.2 Å². The number of nitrogens with zero attached hydrogens (tertiary/aromatic N) is 2. The first kappa shape index (κ1) is 8.66. The topological polar surface area (TPSA) is 77.0 Å². The fourth-order valence-corrected chi connectivity index (χ4v) is 0.691. The second-order valence-corrected chi connectivity index (χ2v) is 2.18. The zero-order chi connectivity index (χ0) is 8.97. The normalized spacial score (nSPS) is 10.1. The van der Waals surface area contributed by atoms with Crippen LogP contribution in [-0.4, -0.2) is 28.5 Å². The van der Waals surface area contributed by atoms with Crippen molar-refractivity contribution in [3.8, 4) is 0 Å². The van der Waals surface area contributed by atoms with E-state index >= 15 is 0 Å². The lowest BCUT2D eigenvalue weighted by Crippen LogP contribution is -2.33. The molecule has 1 heterocycles. The van der Waals surface area contributed by atoms with Gasteiger partial charge in [-0.05, 0) is 0 Å². The predicted octanol–water partition coefficient (Wildman–Crippen LogP) is -1.42. The minimum atomic E-state index is -0.774. The lowest BCUT2D eigenvalue weighted by molar-refractivity contribution is 0.182. The summed E-state index contributed by atoms with van der Waals surface area (Å²) in [5, 5.41) is 2.32. The molecule has 0 aromatic carbocycles. The number of hydrogen-bond acceptors (Lipinski definition) is 4. The first-order valence-corrected chi connectivity index (χ1v) is 3.39. The standard InChI is InChI=1S/C6H9N3O3/c1-12-3-2-9-4-7-5(10)6(11)8-9/h4H,2-3H2,1H3,(H,8,11). The first-order chi connectivity index (χ1) is 5.74. The van der Waals surface area contributed by atoms with Crippen molar-refractivity contribution in [3.05, 3.63) is 27.0 Å². The van der Waals surface area contributed by atoms with Gasteiger partial charge in [-0.3, -0.25) is 19.4 Å². The molecule has 0 saturated carbocycles. The molecular formula is C6H9N3O3. The van der Waals surface area contributed by atoms with Crippen LogP contribution in [0.3, 0.4) is 0 Å². The Morgan fingerprint density at radius 2 is 2.42 bits per heavy atom. The summed E-state index contributed by atoms with van der Waals surface area (Å²) in [6.07, 6.45) is 1.27. The van der Waals surface area contributed by atoms with Gasteiger partial charge < -0.3 is 4.74 Å². The summed E-state index contributed by atoms with van der Waals surface area (Å²) in [4.78, 5) is 24.6. The molecule has 0 saturated heterocycles. The van der Waals surface area contributed by atoms with Crippen LogP contribution in [0.5, 0.6) is 0 Å². The summed E-state index contributed by atoms with van der Waals surface area (Å²) in [6.45, 7) is 0.930. The molecule has 0 radical (unpaired) electrons. The third kappa shape index (κ3) is 2.03. The molecule has 6 heteroatoms. The Kier molecular flexibility index (Phi) is 2.76. The summed E-state index contributed by atoms with van der Waals surface area (Å²) >= 11 is 0. The molecule has 0 aliphatic rings. The van der Waals surface area contributed by atoms with Gasteiger partial charge in [0, 0.05) is 7.11 Å². The van der Waals surface area contributed by atoms with E-state index in [2.05, 4.69) is 10.1 Å². The fourth-order valence-electron chi connectivity index (χ4n) is 0.691. The van der Waals surface area contributed by atoms with Crippen molar-refractivity contribution in [1.82, 2.24) is 14.8 Å². The maximum Gasteiger partial charge on any atom is 0.338 e. The average molecular weight is 171 g/mol. The molecule has 66 valence electrons. The van der Waals surface area contributed by atoms with Crippen molar-refractivity contribution in [2.45, 2.75) is 6.54 Å². The highest BCUT2D eigenvalue weighted by Gasteiger charge is 1.94. The van der Waals surface area contributed by atoms with Crippen LogP contribution in [0.1, 0.15) is 0 Å². The van der Waals surface area contributed by atoms with Gasteiger partial charge in [0.05, 0.1) is 13.2 Å². The van der Waals surface area contributed by atoms with E-state index in [0.717, 1.165) is 0 Å². The van der Waals surface area contributed by atoms with E-state index in [9.17, 15) is 9.59 Å². The molecule has 6 nitrogen and oxygen atoms in total. The molecule has 0 amide bonds. The Labute approximate surface area is 67.8 Å². The second-order valence-electron chi connectivity index (χ2n) is 2.18. The fraction of sp³-hybridized carbons (Fsp3) is 0.500. The van der Waals surface area contributed by atoms with E-state index in [1.165, 1.54) is 11.0 Å². The zero-order valence-corrected chi connectivity index (χ0v) is 6.61. The Hall–Kier alpha value is -1.43. The number of nitrogens with one attached hydrogen (secondary N) is 1. The van der Waals surface area contributed by atoms with Crippen molar-refractivity contribution < 1.29 is 4.74 Å². The summed E-state index contributed by atoms with van der Waals surface area (Å²) < 4.78 is 6.16. The maximum atomic E-state index is 10.7. The number of rotatable bonds is 3. The maximum absolute atomic E-state index is 10.7. The van der Waals surface area contributed by atoms with Crippen LogP contribution < -0.4 is 11.1 Å². The van der Waals surface area contributed by atoms with Gasteiger partial charge in [0.1, 0.15) is 6.33 Å². The minimum absolute atomic E-state index is 0.459. The molecule has 0 fully saturated rings. The Bertz CT molecular complexity index is 354. The van der Waals surface area contributed by atoms with Gasteiger partial charge in [-0.15, -0.1) is 0 Å². The highest BCUT2D eigenvalue weighted by atomic mass is 16.5. The molecule has 1 N–H and O–H groups in total. The Morgan fingerprint density at radius 3 is 3.00 bits per heavy atom. The van der Waals surface area contributed by atoms with Gasteiger partial charge >= 0.3 is 11.1 Å². The van der Waals surface area contributed by atoms with E-state index in [4.69, 9.17) is 4.74 Å². The number of ether oxygens (including phenoxy) is 1. The molecule has 1 aromatic rings. The number of hydrogen-bond donors (Lipinski definition) is 1. The average Bonchev–Trinajstić information content (AvgIpc) is 2.07. The quantitative estimate of drug-likeness (QED) is 0.566. The third-order valence-corrected chi connectivity index (χ3v) is 1.29. The van der Waals surface area contributed by atoms with Crippen molar-refractivity contribution in [1.29, 1.82) is 0 Å². The van der Waals surface area contributed by atoms with Crippen molar-refractivity contribution in [2.24, 2.45) is 0 Å². The first-order valence-electron chi connectivity index (χ1n) is 3.39. The molecule has 0 aliphatic heterocycles. The second kappa shape index (κ2) is 3.82. The van der Waals surface area contributed by atoms with Crippen LogP contribution in [0, 0.1) is 0 Å². The summed E-state index contributed by atoms with van der Waals surface area (Å²) in [5.41, 5.74) is -1.49. The van der Waals surface area contributed by atoms with Crippen molar-refractivity contribution in [3.63, 3.8) is 0 Å². The van der Waals surface area contributed by atoms with E-state index < -0.39 is 11.1 Å². The van der Waals surface area contributed by atoms with Gasteiger partial charge in [0.25, 0.3) is 0 Å². The highest BCUT2D eigenvalue weighted by molar-refractivity contribution is 4.70. The van der Waals surface area contributed by atoms with Crippen LogP contribution in [0.25, 0.3) is 0 Å². The highest BCUT2D eigenvalue weighted by Crippen LogP contribution is 1.74. The van der Waals surface area contributed by atoms with Crippen LogP contribution in [0.4, 0.5) is 0 Å². The number of H-pyrrole nitrogens is 1. The summed E-state index contributed by atoms with van der Waals surface area (Å²) in [6, 6.07) is 0. The summed E-state index contributed by atoms with van der Waals surface area (Å²) in [5.74, 6) is 0. The monoisotopic (exact) mass is 171 g/mol. The van der Waals surface area contributed by atoms with Gasteiger partial charge in [0.2, 0.25) is 0 Å². The molecule has 0 aliphatic carbocycles. The number of aromatic amines is 1. The summed E-state index contributed by atoms with van der Waals surface area (Å²) in [7, 11) is 1.55. The molecule has 0 unspecified atom stereocenters. The molecule has 0 spiro atoms. The molecule has 0 atom stereocenters. The van der Waals surface area contributed by atoms with Crippen LogP contribution in [0.2, 0.25) is 0 Å². The third-order valence-electron chi connectivity index (χ3n) is 1.29. The van der Waals surface area contributed by atoms with E-state index in [1.54, 1.807) is 7.11 Å². The molecular weight excluding hydrogens is 162 g/mol. The van der Waals surface area contributed by atoms with E-state index in [1.807, 2.05) is 0 Å². The SMILES string of the molecule is COCCn1cnc(=O)c(=O)[nH]1. The zero-order valence-electron chi connectivity index (χ0n) is 6.61. The number of methoxy groups -OCH3 is 1. The van der Waals surface area contributed by atoms with Crippen molar-refractivity contribution >= 4 is 0 Å². The molecule has 12 heavy (non-hydrogen) atoms. The van der Waals surface area contributed by atoms with Crippen molar-refractivity contribution in [2.75, 3.05) is 13.7 Å². The smallest absolute Gasteiger partial charge is 0.338 e. The Balaban J connectivity index is 2.83. The van der Waals surface area contributed by atoms with Crippen LogP contribution in [-0.2, 0) is 11.3 Å². The van der Waals surface area contributed by atoms with Gasteiger partial charge in [-0.1, -0.05) is 0 Å². The molecule has 1 rings (SSSR count). The molecule has 0 bridgehead atoms. The van der Waals surface area contributed by atoms with Gasteiger partial charge in [-0.2, -0.15) is 4.98 Å².